The van der Waals surface area contributed by atoms with Crippen LogP contribution in [-0.4, -0.2) is 52.2 Å². The van der Waals surface area contributed by atoms with E-state index < -0.39 is 10.0 Å². The standard InChI is InChI=1S/C17H23N5O3S2/c1-13-19-20-17(21(13)2)26-12-16(23)18-14-6-8-15(9-7-14)27(24,25)22-10-4-3-5-11-22/h6-9H,3-5,10-12H2,1-2H3,(H,18,23). The zero-order valence-electron chi connectivity index (χ0n) is 15.4. The Hall–Kier alpha value is -1.91. The van der Waals surface area contributed by atoms with Crippen molar-refractivity contribution in [3.63, 3.8) is 0 Å². The molecule has 27 heavy (non-hydrogen) atoms. The summed E-state index contributed by atoms with van der Waals surface area (Å²) in [6.07, 6.45) is 2.87. The van der Waals surface area contributed by atoms with Gasteiger partial charge in [0.2, 0.25) is 15.9 Å². The summed E-state index contributed by atoms with van der Waals surface area (Å²) in [5.74, 6) is 0.787. The third-order valence-corrected chi connectivity index (χ3v) is 7.41. The van der Waals surface area contributed by atoms with Crippen molar-refractivity contribution in [2.45, 2.75) is 36.2 Å². The molecule has 0 bridgehead atoms. The molecule has 146 valence electrons. The van der Waals surface area contributed by atoms with E-state index in [0.29, 0.717) is 23.9 Å². The van der Waals surface area contributed by atoms with Crippen LogP contribution in [0.3, 0.4) is 0 Å². The summed E-state index contributed by atoms with van der Waals surface area (Å²) in [7, 11) is -1.61. The molecule has 1 fully saturated rings. The van der Waals surface area contributed by atoms with Crippen LogP contribution in [0.4, 0.5) is 5.69 Å². The molecular weight excluding hydrogens is 386 g/mol. The minimum Gasteiger partial charge on any atom is -0.325 e. The molecule has 10 heteroatoms. The fourth-order valence-electron chi connectivity index (χ4n) is 2.81. The average molecular weight is 410 g/mol. The number of thioether (sulfide) groups is 1. The second-order valence-corrected chi connectivity index (χ2v) is 9.30. The maximum atomic E-state index is 12.6. The predicted molar refractivity (Wildman–Crippen MR) is 104 cm³/mol. The van der Waals surface area contributed by atoms with Gasteiger partial charge in [0, 0.05) is 25.8 Å². The summed E-state index contributed by atoms with van der Waals surface area (Å²) in [5.41, 5.74) is 0.562. The Morgan fingerprint density at radius 1 is 1.15 bits per heavy atom. The van der Waals surface area contributed by atoms with Crippen LogP contribution in [-0.2, 0) is 21.9 Å². The Labute approximate surface area is 163 Å². The van der Waals surface area contributed by atoms with Crippen LogP contribution >= 0.6 is 11.8 Å². The Bertz CT molecular complexity index is 903. The van der Waals surface area contributed by atoms with Gasteiger partial charge in [-0.15, -0.1) is 10.2 Å². The Morgan fingerprint density at radius 2 is 1.81 bits per heavy atom. The highest BCUT2D eigenvalue weighted by Gasteiger charge is 2.25. The van der Waals surface area contributed by atoms with Gasteiger partial charge in [0.1, 0.15) is 5.82 Å². The highest BCUT2D eigenvalue weighted by molar-refractivity contribution is 7.99. The van der Waals surface area contributed by atoms with Gasteiger partial charge in [-0.25, -0.2) is 8.42 Å². The number of anilines is 1. The smallest absolute Gasteiger partial charge is 0.243 e. The van der Waals surface area contributed by atoms with Crippen LogP contribution in [0.1, 0.15) is 25.1 Å². The largest absolute Gasteiger partial charge is 0.325 e. The molecule has 0 saturated carbocycles. The molecule has 1 aromatic heterocycles. The summed E-state index contributed by atoms with van der Waals surface area (Å²) < 4.78 is 28.6. The summed E-state index contributed by atoms with van der Waals surface area (Å²) in [6.45, 7) is 2.98. The van der Waals surface area contributed by atoms with Crippen molar-refractivity contribution in [1.82, 2.24) is 19.1 Å². The number of aromatic nitrogens is 3. The molecule has 0 unspecified atom stereocenters. The van der Waals surface area contributed by atoms with E-state index in [1.165, 1.54) is 16.1 Å². The normalized spacial score (nSPS) is 15.6. The summed E-state index contributed by atoms with van der Waals surface area (Å²) in [6, 6.07) is 6.31. The summed E-state index contributed by atoms with van der Waals surface area (Å²) in [5, 5.41) is 11.4. The topological polar surface area (TPSA) is 97.2 Å². The predicted octanol–water partition coefficient (Wildman–Crippen LogP) is 2.03. The molecule has 2 heterocycles. The van der Waals surface area contributed by atoms with Crippen LogP contribution in [0.25, 0.3) is 0 Å². The number of benzene rings is 1. The van der Waals surface area contributed by atoms with E-state index >= 15 is 0 Å². The maximum Gasteiger partial charge on any atom is 0.243 e. The van der Waals surface area contributed by atoms with Gasteiger partial charge < -0.3 is 9.88 Å². The number of amides is 1. The number of carbonyl (C=O) groups excluding carboxylic acids is 1. The van der Waals surface area contributed by atoms with E-state index in [9.17, 15) is 13.2 Å². The molecule has 1 N–H and O–H groups in total. The van der Waals surface area contributed by atoms with Crippen molar-refractivity contribution < 1.29 is 13.2 Å². The molecule has 1 aliphatic heterocycles. The maximum absolute atomic E-state index is 12.6. The van der Waals surface area contributed by atoms with Crippen LogP contribution in [0, 0.1) is 6.92 Å². The van der Waals surface area contributed by atoms with Crippen molar-refractivity contribution in [2.75, 3.05) is 24.2 Å². The van der Waals surface area contributed by atoms with E-state index in [-0.39, 0.29) is 16.6 Å². The van der Waals surface area contributed by atoms with Gasteiger partial charge in [0.25, 0.3) is 0 Å². The lowest BCUT2D eigenvalue weighted by molar-refractivity contribution is -0.113. The minimum atomic E-state index is -3.46. The number of sulfonamides is 1. The van der Waals surface area contributed by atoms with Crippen molar-refractivity contribution >= 4 is 33.4 Å². The number of nitrogens with one attached hydrogen (secondary N) is 1. The van der Waals surface area contributed by atoms with Crippen LogP contribution in [0.5, 0.6) is 0 Å². The number of aryl methyl sites for hydroxylation is 1. The fraction of sp³-hybridized carbons (Fsp3) is 0.471. The van der Waals surface area contributed by atoms with E-state index in [2.05, 4.69) is 15.5 Å². The molecule has 2 aromatic rings. The molecular formula is C17H23N5O3S2. The average Bonchev–Trinajstić information content (AvgIpc) is 2.99. The van der Waals surface area contributed by atoms with Crippen molar-refractivity contribution in [3.05, 3.63) is 30.1 Å². The van der Waals surface area contributed by atoms with Crippen molar-refractivity contribution in [3.8, 4) is 0 Å². The van der Waals surface area contributed by atoms with E-state index in [1.54, 1.807) is 24.3 Å². The lowest BCUT2D eigenvalue weighted by atomic mass is 10.2. The molecule has 8 nitrogen and oxygen atoms in total. The zero-order valence-corrected chi connectivity index (χ0v) is 17.0. The first-order valence-corrected chi connectivity index (χ1v) is 11.2. The summed E-state index contributed by atoms with van der Waals surface area (Å²) >= 11 is 1.30. The Kier molecular flexibility index (Phi) is 6.18. The monoisotopic (exact) mass is 409 g/mol. The molecule has 0 radical (unpaired) electrons. The van der Waals surface area contributed by atoms with E-state index in [1.807, 2.05) is 18.5 Å². The Morgan fingerprint density at radius 3 is 2.41 bits per heavy atom. The Balaban J connectivity index is 1.58. The molecule has 1 saturated heterocycles. The molecule has 0 atom stereocenters. The number of carbonyl (C=O) groups is 1. The lowest BCUT2D eigenvalue weighted by Crippen LogP contribution is -2.35. The minimum absolute atomic E-state index is 0.188. The fourth-order valence-corrected chi connectivity index (χ4v) is 5.08. The van der Waals surface area contributed by atoms with Gasteiger partial charge in [-0.2, -0.15) is 4.31 Å². The number of hydrogen-bond donors (Lipinski definition) is 1. The molecule has 0 spiro atoms. The van der Waals surface area contributed by atoms with Gasteiger partial charge in [0.15, 0.2) is 5.16 Å². The number of piperidine rings is 1. The molecule has 1 aliphatic rings. The number of rotatable bonds is 6. The first kappa shape index (κ1) is 19.8. The van der Waals surface area contributed by atoms with Gasteiger partial charge in [0.05, 0.1) is 10.6 Å². The number of nitrogens with zero attached hydrogens (tertiary/aromatic N) is 4. The third kappa shape index (κ3) is 4.69. The molecule has 3 rings (SSSR count). The van der Waals surface area contributed by atoms with Crippen molar-refractivity contribution in [1.29, 1.82) is 0 Å². The van der Waals surface area contributed by atoms with Gasteiger partial charge in [-0.3, -0.25) is 4.79 Å². The van der Waals surface area contributed by atoms with Crippen LogP contribution < -0.4 is 5.32 Å². The SMILES string of the molecule is Cc1nnc(SCC(=O)Nc2ccc(S(=O)(=O)N3CCCCC3)cc2)n1C. The second-order valence-electron chi connectivity index (χ2n) is 6.41. The quantitative estimate of drug-likeness (QED) is 0.733. The third-order valence-electron chi connectivity index (χ3n) is 4.48. The molecule has 1 amide bonds. The summed E-state index contributed by atoms with van der Waals surface area (Å²) in [4.78, 5) is 12.4. The molecule has 0 aliphatic carbocycles. The zero-order chi connectivity index (χ0) is 19.4. The van der Waals surface area contributed by atoms with Gasteiger partial charge in [-0.1, -0.05) is 18.2 Å². The first-order chi connectivity index (χ1) is 12.9. The van der Waals surface area contributed by atoms with E-state index in [0.717, 1.165) is 25.1 Å². The second kappa shape index (κ2) is 8.41. The van der Waals surface area contributed by atoms with Crippen LogP contribution in [0.2, 0.25) is 0 Å². The van der Waals surface area contributed by atoms with Crippen molar-refractivity contribution in [2.24, 2.45) is 7.05 Å². The lowest BCUT2D eigenvalue weighted by Gasteiger charge is -2.25. The van der Waals surface area contributed by atoms with E-state index in [4.69, 9.17) is 0 Å². The first-order valence-electron chi connectivity index (χ1n) is 8.77. The number of hydrogen-bond acceptors (Lipinski definition) is 6. The highest BCUT2D eigenvalue weighted by Crippen LogP contribution is 2.22. The molecule has 1 aromatic carbocycles. The van der Waals surface area contributed by atoms with Gasteiger partial charge in [-0.05, 0) is 44.0 Å². The highest BCUT2D eigenvalue weighted by atomic mass is 32.2. The van der Waals surface area contributed by atoms with Crippen LogP contribution in [0.15, 0.2) is 34.3 Å². The van der Waals surface area contributed by atoms with Gasteiger partial charge >= 0.3 is 0 Å².